The van der Waals surface area contributed by atoms with Gasteiger partial charge in [0, 0.05) is 6.42 Å². The second-order valence-electron chi connectivity index (χ2n) is 8.86. The van der Waals surface area contributed by atoms with Crippen molar-refractivity contribution in [3.05, 3.63) is 0 Å². The Morgan fingerprint density at radius 2 is 1.03 bits per heavy atom. The van der Waals surface area contributed by atoms with Gasteiger partial charge in [0.05, 0.1) is 0 Å². The predicted molar refractivity (Wildman–Crippen MR) is 127 cm³/mol. The topological polar surface area (TPSA) is 148 Å². The van der Waals surface area contributed by atoms with Crippen LogP contribution in [-0.4, -0.2) is 42.1 Å². The van der Waals surface area contributed by atoms with Crippen LogP contribution in [0.1, 0.15) is 111 Å². The number of esters is 2. The van der Waals surface area contributed by atoms with Crippen molar-refractivity contribution in [3.8, 4) is 0 Å². The highest BCUT2D eigenvalue weighted by atomic mass is 16.6. The number of nitrogens with two attached hydrogens (primary N) is 3. The lowest BCUT2D eigenvalue weighted by Gasteiger charge is -2.28. The Morgan fingerprint density at radius 1 is 0.656 bits per heavy atom. The summed E-state index contributed by atoms with van der Waals surface area (Å²) in [5.74, 6) is -1.27. The molecule has 0 aromatic heterocycles. The van der Waals surface area contributed by atoms with E-state index in [1.54, 1.807) is 13.8 Å². The minimum Gasteiger partial charge on any atom is -0.457 e. The molecule has 32 heavy (non-hydrogen) atoms. The summed E-state index contributed by atoms with van der Waals surface area (Å²) in [7, 11) is 0. The van der Waals surface area contributed by atoms with Gasteiger partial charge in [0.25, 0.3) is 0 Å². The van der Waals surface area contributed by atoms with Gasteiger partial charge in [-0.2, -0.15) is 0 Å². The fourth-order valence-corrected chi connectivity index (χ4v) is 3.46. The number of ether oxygens (including phenoxy) is 2. The van der Waals surface area contributed by atoms with E-state index in [-0.39, 0.29) is 5.91 Å². The van der Waals surface area contributed by atoms with Gasteiger partial charge in [-0.1, -0.05) is 58.3 Å². The first kappa shape index (κ1) is 30.3. The average Bonchev–Trinajstić information content (AvgIpc) is 2.73. The van der Waals surface area contributed by atoms with Crippen LogP contribution in [0.4, 0.5) is 0 Å². The predicted octanol–water partition coefficient (Wildman–Crippen LogP) is 3.47. The fraction of sp³-hybridized carbons (Fsp3) is 0.875. The zero-order valence-electron chi connectivity index (χ0n) is 20.5. The van der Waals surface area contributed by atoms with Gasteiger partial charge in [0.1, 0.15) is 24.3 Å². The SMILES string of the molecule is CCCCCCCCC(OC(=O)[C@@H](C)N)C(CCCCCCCC(N)=O)OC(=O)[C@@H](C)N. The van der Waals surface area contributed by atoms with Crippen LogP contribution in [-0.2, 0) is 23.9 Å². The maximum atomic E-state index is 12.2. The minimum absolute atomic E-state index is 0.277. The zero-order chi connectivity index (χ0) is 24.4. The Kier molecular flexibility index (Phi) is 17.9. The Balaban J connectivity index is 4.90. The smallest absolute Gasteiger partial charge is 0.323 e. The second kappa shape index (κ2) is 18.9. The molecule has 0 spiro atoms. The molecule has 0 heterocycles. The molecular formula is C24H47N3O5. The van der Waals surface area contributed by atoms with E-state index in [2.05, 4.69) is 6.92 Å². The summed E-state index contributed by atoms with van der Waals surface area (Å²) < 4.78 is 11.3. The van der Waals surface area contributed by atoms with Crippen molar-refractivity contribution in [2.24, 2.45) is 17.2 Å². The molecule has 4 atom stereocenters. The van der Waals surface area contributed by atoms with Crippen LogP contribution in [0.15, 0.2) is 0 Å². The highest BCUT2D eigenvalue weighted by molar-refractivity contribution is 5.76. The maximum absolute atomic E-state index is 12.2. The van der Waals surface area contributed by atoms with Crippen LogP contribution in [0.2, 0.25) is 0 Å². The lowest BCUT2D eigenvalue weighted by molar-refractivity contribution is -0.170. The summed E-state index contributed by atoms with van der Waals surface area (Å²) in [6.07, 6.45) is 11.6. The van der Waals surface area contributed by atoms with Gasteiger partial charge in [-0.15, -0.1) is 0 Å². The molecule has 8 nitrogen and oxygen atoms in total. The lowest BCUT2D eigenvalue weighted by atomic mass is 9.99. The molecule has 0 saturated carbocycles. The number of carbonyl (C=O) groups is 3. The largest absolute Gasteiger partial charge is 0.457 e. The van der Waals surface area contributed by atoms with E-state index in [1.165, 1.54) is 19.3 Å². The molecule has 0 aliphatic heterocycles. The van der Waals surface area contributed by atoms with Crippen molar-refractivity contribution < 1.29 is 23.9 Å². The maximum Gasteiger partial charge on any atom is 0.323 e. The number of hydrogen-bond donors (Lipinski definition) is 3. The Labute approximate surface area is 194 Å². The van der Waals surface area contributed by atoms with Crippen molar-refractivity contribution in [1.82, 2.24) is 0 Å². The van der Waals surface area contributed by atoms with Crippen molar-refractivity contribution in [1.29, 1.82) is 0 Å². The molecule has 188 valence electrons. The Morgan fingerprint density at radius 3 is 1.41 bits per heavy atom. The van der Waals surface area contributed by atoms with E-state index >= 15 is 0 Å². The molecule has 0 aromatic rings. The molecule has 8 heteroatoms. The summed E-state index contributed by atoms with van der Waals surface area (Å²) in [5.41, 5.74) is 16.6. The second-order valence-corrected chi connectivity index (χ2v) is 8.86. The van der Waals surface area contributed by atoms with Crippen LogP contribution in [0.25, 0.3) is 0 Å². The van der Waals surface area contributed by atoms with Crippen molar-refractivity contribution in [3.63, 3.8) is 0 Å². The van der Waals surface area contributed by atoms with E-state index in [9.17, 15) is 14.4 Å². The van der Waals surface area contributed by atoms with Gasteiger partial charge >= 0.3 is 11.9 Å². The van der Waals surface area contributed by atoms with Crippen LogP contribution in [0.3, 0.4) is 0 Å². The summed E-state index contributed by atoms with van der Waals surface area (Å²) >= 11 is 0. The number of hydrogen-bond acceptors (Lipinski definition) is 7. The van der Waals surface area contributed by atoms with Gasteiger partial charge in [0.2, 0.25) is 5.91 Å². The first-order valence-corrected chi connectivity index (χ1v) is 12.4. The van der Waals surface area contributed by atoms with E-state index in [4.69, 9.17) is 26.7 Å². The first-order valence-electron chi connectivity index (χ1n) is 12.4. The first-order chi connectivity index (χ1) is 15.2. The van der Waals surface area contributed by atoms with Crippen molar-refractivity contribution in [2.45, 2.75) is 135 Å². The molecule has 0 bridgehead atoms. The number of unbranched alkanes of at least 4 members (excludes halogenated alkanes) is 9. The standard InChI is InChI=1S/C24H47N3O5/c1-4-5-6-7-9-12-15-20(31-23(29)18(2)25)21(32-24(30)19(3)26)16-13-10-8-11-14-17-22(27)28/h18-21H,4-17,25-26H2,1-3H3,(H2,27,28)/t18-,19-,20?,21?/m1/s1. The number of carbonyl (C=O) groups excluding carboxylic acids is 3. The van der Waals surface area contributed by atoms with Crippen LogP contribution in [0.5, 0.6) is 0 Å². The molecule has 0 aliphatic rings. The average molecular weight is 458 g/mol. The van der Waals surface area contributed by atoms with Gasteiger partial charge < -0.3 is 26.7 Å². The number of primary amides is 1. The molecular weight excluding hydrogens is 410 g/mol. The summed E-state index contributed by atoms with van der Waals surface area (Å²) in [5, 5.41) is 0. The van der Waals surface area contributed by atoms with Gasteiger partial charge in [-0.05, 0) is 46.0 Å². The van der Waals surface area contributed by atoms with E-state index in [1.807, 2.05) is 0 Å². The molecule has 0 fully saturated rings. The number of rotatable bonds is 20. The normalized spacial score (nSPS) is 14.9. The van der Waals surface area contributed by atoms with Crippen LogP contribution < -0.4 is 17.2 Å². The molecule has 0 aliphatic carbocycles. The van der Waals surface area contributed by atoms with Crippen LogP contribution >= 0.6 is 0 Å². The third kappa shape index (κ3) is 16.0. The summed E-state index contributed by atoms with van der Waals surface area (Å²) in [4.78, 5) is 35.2. The summed E-state index contributed by atoms with van der Waals surface area (Å²) in [6, 6.07) is -1.48. The zero-order valence-corrected chi connectivity index (χ0v) is 20.5. The van der Waals surface area contributed by atoms with E-state index < -0.39 is 36.2 Å². The Hall–Kier alpha value is -1.67. The van der Waals surface area contributed by atoms with Crippen molar-refractivity contribution in [2.75, 3.05) is 0 Å². The molecule has 0 aromatic carbocycles. The molecule has 0 saturated heterocycles. The van der Waals surface area contributed by atoms with Gasteiger partial charge in [-0.25, -0.2) is 0 Å². The minimum atomic E-state index is -0.745. The highest BCUT2D eigenvalue weighted by Gasteiger charge is 2.30. The fourth-order valence-electron chi connectivity index (χ4n) is 3.46. The highest BCUT2D eigenvalue weighted by Crippen LogP contribution is 2.21. The summed E-state index contributed by atoms with van der Waals surface area (Å²) in [6.45, 7) is 5.34. The lowest BCUT2D eigenvalue weighted by Crippen LogP contribution is -2.42. The van der Waals surface area contributed by atoms with E-state index in [0.29, 0.717) is 19.3 Å². The van der Waals surface area contributed by atoms with Gasteiger partial charge in [-0.3, -0.25) is 14.4 Å². The third-order valence-electron chi connectivity index (χ3n) is 5.45. The van der Waals surface area contributed by atoms with Crippen molar-refractivity contribution >= 4 is 17.8 Å². The Bertz CT molecular complexity index is 526. The third-order valence-corrected chi connectivity index (χ3v) is 5.45. The number of amides is 1. The molecule has 1 amide bonds. The molecule has 0 rings (SSSR count). The van der Waals surface area contributed by atoms with Crippen LogP contribution in [0, 0.1) is 0 Å². The molecule has 0 radical (unpaired) electrons. The monoisotopic (exact) mass is 457 g/mol. The van der Waals surface area contributed by atoms with Gasteiger partial charge in [0.15, 0.2) is 0 Å². The molecule has 2 unspecified atom stereocenters. The van der Waals surface area contributed by atoms with E-state index in [0.717, 1.165) is 51.4 Å². The molecule has 6 N–H and O–H groups in total. The quantitative estimate of drug-likeness (QED) is 0.187.